The Bertz CT molecular complexity index is 541. The molecule has 108 valence electrons. The second-order valence-electron chi connectivity index (χ2n) is 4.77. The van der Waals surface area contributed by atoms with Gasteiger partial charge in [0.2, 0.25) is 0 Å². The predicted octanol–water partition coefficient (Wildman–Crippen LogP) is -0.133. The zero-order valence-corrected chi connectivity index (χ0v) is 11.1. The summed E-state index contributed by atoms with van der Waals surface area (Å²) in [6.45, 7) is 0. The quantitative estimate of drug-likeness (QED) is 0.571. The number of benzene rings is 1. The third-order valence-corrected chi connectivity index (χ3v) is 3.20. The molecule has 1 heterocycles. The summed E-state index contributed by atoms with van der Waals surface area (Å²) in [6.07, 6.45) is -1.53. The highest BCUT2D eigenvalue weighted by Gasteiger charge is 2.24. The van der Waals surface area contributed by atoms with Crippen molar-refractivity contribution in [2.45, 2.75) is 19.0 Å². The smallest absolute Gasteiger partial charge is 0.159 e. The van der Waals surface area contributed by atoms with Crippen LogP contribution in [0.3, 0.4) is 0 Å². The maximum atomic E-state index is 9.10. The van der Waals surface area contributed by atoms with E-state index in [-0.39, 0.29) is 6.42 Å². The molecule has 0 amide bonds. The molecule has 0 fully saturated rings. The first-order chi connectivity index (χ1) is 9.47. The summed E-state index contributed by atoms with van der Waals surface area (Å²) >= 11 is 0. The van der Waals surface area contributed by atoms with Crippen molar-refractivity contribution in [2.24, 2.45) is 13.0 Å². The lowest BCUT2D eigenvalue weighted by molar-refractivity contribution is -0.177. The van der Waals surface area contributed by atoms with Crippen LogP contribution in [0.4, 0.5) is 0 Å². The molecule has 0 aliphatic heterocycles. The summed E-state index contributed by atoms with van der Waals surface area (Å²) in [4.78, 5) is 0. The SMILES string of the molecule is Cn1ccc(-c2ccc(CC(C(O)O)C(O)O)cc2)n1. The molecule has 1 aromatic carbocycles. The minimum atomic E-state index is -1.77. The van der Waals surface area contributed by atoms with Gasteiger partial charge in [-0.2, -0.15) is 5.10 Å². The lowest BCUT2D eigenvalue weighted by Gasteiger charge is -2.20. The van der Waals surface area contributed by atoms with E-state index in [9.17, 15) is 0 Å². The second kappa shape index (κ2) is 6.15. The molecule has 0 aliphatic carbocycles. The Labute approximate surface area is 116 Å². The number of aliphatic hydroxyl groups is 4. The van der Waals surface area contributed by atoms with Gasteiger partial charge in [0.1, 0.15) is 0 Å². The molecule has 0 saturated carbocycles. The van der Waals surface area contributed by atoms with E-state index < -0.39 is 18.5 Å². The first-order valence-electron chi connectivity index (χ1n) is 6.28. The van der Waals surface area contributed by atoms with Crippen LogP contribution in [0.25, 0.3) is 11.3 Å². The summed E-state index contributed by atoms with van der Waals surface area (Å²) in [7, 11) is 1.84. The fraction of sp³-hybridized carbons (Fsp3) is 0.357. The van der Waals surface area contributed by atoms with Crippen molar-refractivity contribution in [2.75, 3.05) is 0 Å². The van der Waals surface area contributed by atoms with Gasteiger partial charge in [0.25, 0.3) is 0 Å². The summed E-state index contributed by atoms with van der Waals surface area (Å²) in [5, 5.41) is 40.7. The Morgan fingerprint density at radius 3 is 2.05 bits per heavy atom. The molecule has 0 spiro atoms. The van der Waals surface area contributed by atoms with Gasteiger partial charge in [-0.05, 0) is 18.1 Å². The predicted molar refractivity (Wildman–Crippen MR) is 72.3 cm³/mol. The number of aryl methyl sites for hydroxylation is 1. The van der Waals surface area contributed by atoms with E-state index in [1.165, 1.54) is 0 Å². The molecular weight excluding hydrogens is 260 g/mol. The Hall–Kier alpha value is -1.73. The maximum absolute atomic E-state index is 9.10. The Morgan fingerprint density at radius 1 is 1.00 bits per heavy atom. The van der Waals surface area contributed by atoms with Crippen LogP contribution in [0.15, 0.2) is 36.5 Å². The number of rotatable bonds is 5. The first-order valence-corrected chi connectivity index (χ1v) is 6.28. The Morgan fingerprint density at radius 2 is 1.60 bits per heavy atom. The number of hydrogen-bond donors (Lipinski definition) is 4. The van der Waals surface area contributed by atoms with Crippen LogP contribution in [0.1, 0.15) is 5.56 Å². The molecule has 2 aromatic rings. The minimum Gasteiger partial charge on any atom is -0.368 e. The van der Waals surface area contributed by atoms with Crippen LogP contribution < -0.4 is 0 Å². The van der Waals surface area contributed by atoms with E-state index in [0.29, 0.717) is 0 Å². The molecule has 2 rings (SSSR count). The number of aliphatic hydroxyl groups excluding tert-OH is 2. The summed E-state index contributed by atoms with van der Waals surface area (Å²) in [5.74, 6) is -1.03. The van der Waals surface area contributed by atoms with Gasteiger partial charge in [-0.25, -0.2) is 0 Å². The standard InChI is InChI=1S/C14H18N2O4/c1-16-7-6-12(15-16)10-4-2-9(3-5-10)8-11(13(17)18)14(19)20/h2-7,11,13-14,17-20H,8H2,1H3. The van der Waals surface area contributed by atoms with Gasteiger partial charge in [-0.15, -0.1) is 0 Å². The lowest BCUT2D eigenvalue weighted by atomic mass is 9.97. The van der Waals surface area contributed by atoms with Crippen molar-refractivity contribution in [3.8, 4) is 11.3 Å². The van der Waals surface area contributed by atoms with Crippen LogP contribution in [0.2, 0.25) is 0 Å². The Balaban J connectivity index is 2.12. The van der Waals surface area contributed by atoms with E-state index in [1.54, 1.807) is 4.68 Å². The van der Waals surface area contributed by atoms with Crippen molar-refractivity contribution in [1.29, 1.82) is 0 Å². The molecule has 0 radical (unpaired) electrons. The summed E-state index contributed by atoms with van der Waals surface area (Å²) < 4.78 is 1.71. The molecule has 1 aromatic heterocycles. The number of nitrogens with zero attached hydrogens (tertiary/aromatic N) is 2. The van der Waals surface area contributed by atoms with E-state index in [2.05, 4.69) is 5.10 Å². The van der Waals surface area contributed by atoms with Gasteiger partial charge >= 0.3 is 0 Å². The normalized spacial score (nSPS) is 11.8. The third kappa shape index (κ3) is 3.43. The average molecular weight is 278 g/mol. The zero-order valence-electron chi connectivity index (χ0n) is 11.1. The van der Waals surface area contributed by atoms with Gasteiger partial charge in [0.05, 0.1) is 11.6 Å². The fourth-order valence-electron chi connectivity index (χ4n) is 2.02. The van der Waals surface area contributed by atoms with Gasteiger partial charge in [-0.1, -0.05) is 24.3 Å². The average Bonchev–Trinajstić information content (AvgIpc) is 2.82. The summed E-state index contributed by atoms with van der Waals surface area (Å²) in [6, 6.07) is 9.24. The fourth-order valence-corrected chi connectivity index (χ4v) is 2.02. The molecule has 0 unspecified atom stereocenters. The maximum Gasteiger partial charge on any atom is 0.159 e. The van der Waals surface area contributed by atoms with Crippen LogP contribution >= 0.6 is 0 Å². The number of hydrogen-bond acceptors (Lipinski definition) is 5. The van der Waals surface area contributed by atoms with E-state index >= 15 is 0 Å². The topological polar surface area (TPSA) is 98.7 Å². The molecule has 0 aliphatic rings. The van der Waals surface area contributed by atoms with E-state index in [4.69, 9.17) is 20.4 Å². The van der Waals surface area contributed by atoms with E-state index in [1.807, 2.05) is 43.6 Å². The van der Waals surface area contributed by atoms with Gasteiger partial charge in [0, 0.05) is 18.8 Å². The van der Waals surface area contributed by atoms with Crippen LogP contribution in [0, 0.1) is 5.92 Å². The zero-order chi connectivity index (χ0) is 14.7. The molecular formula is C14H18N2O4. The van der Waals surface area contributed by atoms with Crippen molar-refractivity contribution in [1.82, 2.24) is 9.78 Å². The highest BCUT2D eigenvalue weighted by atomic mass is 16.5. The largest absolute Gasteiger partial charge is 0.368 e. The van der Waals surface area contributed by atoms with Gasteiger partial charge < -0.3 is 20.4 Å². The molecule has 0 atom stereocenters. The second-order valence-corrected chi connectivity index (χ2v) is 4.77. The van der Waals surface area contributed by atoms with E-state index in [0.717, 1.165) is 16.8 Å². The van der Waals surface area contributed by atoms with Crippen molar-refractivity contribution < 1.29 is 20.4 Å². The Kier molecular flexibility index (Phi) is 4.51. The van der Waals surface area contributed by atoms with Crippen molar-refractivity contribution in [3.63, 3.8) is 0 Å². The monoisotopic (exact) mass is 278 g/mol. The summed E-state index contributed by atoms with van der Waals surface area (Å²) in [5.41, 5.74) is 2.58. The van der Waals surface area contributed by atoms with Gasteiger partial charge in [0.15, 0.2) is 12.6 Å². The molecule has 6 heteroatoms. The molecule has 4 N–H and O–H groups in total. The molecule has 0 bridgehead atoms. The highest BCUT2D eigenvalue weighted by molar-refractivity contribution is 5.58. The molecule has 6 nitrogen and oxygen atoms in total. The van der Waals surface area contributed by atoms with Crippen LogP contribution in [-0.2, 0) is 13.5 Å². The van der Waals surface area contributed by atoms with Crippen LogP contribution in [-0.4, -0.2) is 42.8 Å². The molecule has 20 heavy (non-hydrogen) atoms. The van der Waals surface area contributed by atoms with Crippen LogP contribution in [0.5, 0.6) is 0 Å². The lowest BCUT2D eigenvalue weighted by Crippen LogP contribution is -2.33. The van der Waals surface area contributed by atoms with Crippen molar-refractivity contribution >= 4 is 0 Å². The van der Waals surface area contributed by atoms with Crippen molar-refractivity contribution in [3.05, 3.63) is 42.1 Å². The number of aromatic nitrogens is 2. The first kappa shape index (κ1) is 14.7. The van der Waals surface area contributed by atoms with Gasteiger partial charge in [-0.3, -0.25) is 4.68 Å². The molecule has 0 saturated heterocycles. The third-order valence-electron chi connectivity index (χ3n) is 3.20. The highest BCUT2D eigenvalue weighted by Crippen LogP contribution is 2.20. The minimum absolute atomic E-state index is 0.165.